The van der Waals surface area contributed by atoms with E-state index in [2.05, 4.69) is 15.7 Å². The van der Waals surface area contributed by atoms with Crippen LogP contribution in [-0.2, 0) is 6.54 Å². The van der Waals surface area contributed by atoms with Gasteiger partial charge < -0.3 is 10.6 Å². The minimum absolute atomic E-state index is 0.0390. The van der Waals surface area contributed by atoms with Gasteiger partial charge in [-0.3, -0.25) is 4.79 Å². The predicted octanol–water partition coefficient (Wildman–Crippen LogP) is 4.84. The van der Waals surface area contributed by atoms with Crippen LogP contribution in [0.1, 0.15) is 45.0 Å². The van der Waals surface area contributed by atoms with E-state index in [-0.39, 0.29) is 17.9 Å². The molecule has 0 bridgehead atoms. The summed E-state index contributed by atoms with van der Waals surface area (Å²) in [5, 5.41) is 11.7. The molecule has 5 nitrogen and oxygen atoms in total. The standard InChI is InChI=1S/C20H19F3N4OS/c1-12-4-6-13(7-5-12)15-9-17(20(21,22)23)27-18(25-15)10-16(26-27)19(28)24-11-14-3-2-8-29-14/h2-8,10,15,17,25H,9,11H2,1H3,(H,24,28)/t15-,17-/m1/s1. The first kappa shape index (κ1) is 19.5. The molecule has 4 rings (SSSR count). The van der Waals surface area contributed by atoms with Gasteiger partial charge in [0.05, 0.1) is 12.6 Å². The van der Waals surface area contributed by atoms with E-state index in [0.717, 1.165) is 20.7 Å². The molecule has 0 spiro atoms. The van der Waals surface area contributed by atoms with Gasteiger partial charge in [-0.25, -0.2) is 4.68 Å². The molecule has 0 radical (unpaired) electrons. The van der Waals surface area contributed by atoms with Crippen molar-refractivity contribution in [3.63, 3.8) is 0 Å². The number of fused-ring (bicyclic) bond motifs is 1. The molecule has 2 aromatic heterocycles. The number of halogens is 3. The van der Waals surface area contributed by atoms with E-state index < -0.39 is 24.2 Å². The fraction of sp³-hybridized carbons (Fsp3) is 0.300. The summed E-state index contributed by atoms with van der Waals surface area (Å²) in [6, 6.07) is 10.2. The number of hydrogen-bond donors (Lipinski definition) is 2. The zero-order valence-electron chi connectivity index (χ0n) is 15.5. The number of hydrogen-bond acceptors (Lipinski definition) is 4. The summed E-state index contributed by atoms with van der Waals surface area (Å²) in [6.45, 7) is 2.23. The molecular weight excluding hydrogens is 401 g/mol. The highest BCUT2D eigenvalue weighted by Crippen LogP contribution is 2.43. The van der Waals surface area contributed by atoms with Crippen LogP contribution in [-0.4, -0.2) is 21.9 Å². The second kappa shape index (κ2) is 7.55. The zero-order chi connectivity index (χ0) is 20.6. The lowest BCUT2D eigenvalue weighted by Gasteiger charge is -2.33. The maximum Gasteiger partial charge on any atom is 0.410 e. The van der Waals surface area contributed by atoms with Gasteiger partial charge in [0.1, 0.15) is 5.82 Å². The Morgan fingerprint density at radius 3 is 2.72 bits per heavy atom. The molecule has 0 unspecified atom stereocenters. The monoisotopic (exact) mass is 420 g/mol. The van der Waals surface area contributed by atoms with Crippen LogP contribution in [0.3, 0.4) is 0 Å². The summed E-state index contributed by atoms with van der Waals surface area (Å²) >= 11 is 1.49. The van der Waals surface area contributed by atoms with Crippen molar-refractivity contribution in [3.05, 3.63) is 69.5 Å². The van der Waals surface area contributed by atoms with E-state index in [1.807, 2.05) is 48.7 Å². The molecule has 9 heteroatoms. The normalized spacial score (nSPS) is 18.8. The van der Waals surface area contributed by atoms with Crippen molar-refractivity contribution < 1.29 is 18.0 Å². The minimum Gasteiger partial charge on any atom is -0.363 e. The van der Waals surface area contributed by atoms with E-state index in [4.69, 9.17) is 0 Å². The molecule has 2 N–H and O–H groups in total. The SMILES string of the molecule is Cc1ccc([C@H]2C[C@H](C(F)(F)F)n3nc(C(=O)NCc4cccs4)cc3N2)cc1. The molecule has 1 aliphatic heterocycles. The van der Waals surface area contributed by atoms with E-state index in [0.29, 0.717) is 6.54 Å². The number of carbonyl (C=O) groups is 1. The van der Waals surface area contributed by atoms with Gasteiger partial charge in [-0.05, 0) is 23.9 Å². The average molecular weight is 420 g/mol. The van der Waals surface area contributed by atoms with Gasteiger partial charge in [-0.2, -0.15) is 18.3 Å². The lowest BCUT2D eigenvalue weighted by Crippen LogP contribution is -2.35. The van der Waals surface area contributed by atoms with Crippen molar-refractivity contribution >= 4 is 23.1 Å². The van der Waals surface area contributed by atoms with Crippen LogP contribution in [0, 0.1) is 6.92 Å². The molecule has 2 atom stereocenters. The number of amides is 1. The Hall–Kier alpha value is -2.81. The van der Waals surface area contributed by atoms with Crippen LogP contribution < -0.4 is 10.6 Å². The fourth-order valence-electron chi connectivity index (χ4n) is 3.37. The molecule has 0 saturated carbocycles. The third-order valence-electron chi connectivity index (χ3n) is 4.91. The first-order chi connectivity index (χ1) is 13.8. The van der Waals surface area contributed by atoms with Crippen LogP contribution in [0.15, 0.2) is 47.8 Å². The molecular formula is C20H19F3N4OS. The van der Waals surface area contributed by atoms with Gasteiger partial charge in [-0.1, -0.05) is 35.9 Å². The van der Waals surface area contributed by atoms with E-state index >= 15 is 0 Å². The number of thiophene rings is 1. The lowest BCUT2D eigenvalue weighted by atomic mass is 9.96. The lowest BCUT2D eigenvalue weighted by molar-refractivity contribution is -0.173. The van der Waals surface area contributed by atoms with Gasteiger partial charge in [-0.15, -0.1) is 11.3 Å². The van der Waals surface area contributed by atoms with E-state index in [1.165, 1.54) is 17.4 Å². The highest BCUT2D eigenvalue weighted by atomic mass is 32.1. The molecule has 1 aliphatic rings. The van der Waals surface area contributed by atoms with Gasteiger partial charge in [0.2, 0.25) is 0 Å². The highest BCUT2D eigenvalue weighted by Gasteiger charge is 2.46. The van der Waals surface area contributed by atoms with Crippen molar-refractivity contribution in [2.75, 3.05) is 5.32 Å². The Labute approximate surface area is 169 Å². The highest BCUT2D eigenvalue weighted by molar-refractivity contribution is 7.09. The number of nitrogens with zero attached hydrogens (tertiary/aromatic N) is 2. The van der Waals surface area contributed by atoms with Crippen LogP contribution in [0.25, 0.3) is 0 Å². The van der Waals surface area contributed by atoms with E-state index in [1.54, 1.807) is 0 Å². The van der Waals surface area contributed by atoms with Crippen LogP contribution in [0.2, 0.25) is 0 Å². The molecule has 1 amide bonds. The number of aryl methyl sites for hydroxylation is 1. The maximum atomic E-state index is 13.7. The van der Waals surface area contributed by atoms with Crippen molar-refractivity contribution in [3.8, 4) is 0 Å². The Balaban J connectivity index is 1.59. The van der Waals surface area contributed by atoms with Crippen LogP contribution >= 0.6 is 11.3 Å². The summed E-state index contributed by atoms with van der Waals surface area (Å²) in [5.74, 6) is -0.319. The van der Waals surface area contributed by atoms with Crippen LogP contribution in [0.4, 0.5) is 19.0 Å². The number of nitrogens with one attached hydrogen (secondary N) is 2. The fourth-order valence-corrected chi connectivity index (χ4v) is 4.02. The number of rotatable bonds is 4. The Bertz CT molecular complexity index is 996. The van der Waals surface area contributed by atoms with Crippen LogP contribution in [0.5, 0.6) is 0 Å². The first-order valence-electron chi connectivity index (χ1n) is 9.11. The van der Waals surface area contributed by atoms with E-state index in [9.17, 15) is 18.0 Å². The summed E-state index contributed by atoms with van der Waals surface area (Å²) in [7, 11) is 0. The van der Waals surface area contributed by atoms with Gasteiger partial charge in [0, 0.05) is 17.4 Å². The van der Waals surface area contributed by atoms with Gasteiger partial charge in [0.25, 0.3) is 5.91 Å². The largest absolute Gasteiger partial charge is 0.410 e. The zero-order valence-corrected chi connectivity index (χ0v) is 16.3. The second-order valence-electron chi connectivity index (χ2n) is 7.02. The summed E-state index contributed by atoms with van der Waals surface area (Å²) < 4.78 is 42.1. The first-order valence-corrected chi connectivity index (χ1v) is 9.99. The number of aromatic nitrogens is 2. The summed E-state index contributed by atoms with van der Waals surface area (Å²) in [5.41, 5.74) is 1.76. The number of anilines is 1. The predicted molar refractivity (Wildman–Crippen MR) is 105 cm³/mol. The summed E-state index contributed by atoms with van der Waals surface area (Å²) in [6.07, 6.45) is -4.67. The minimum atomic E-state index is -4.48. The Morgan fingerprint density at radius 2 is 2.07 bits per heavy atom. The van der Waals surface area contributed by atoms with Gasteiger partial charge in [0.15, 0.2) is 11.7 Å². The molecule has 0 aliphatic carbocycles. The number of alkyl halides is 3. The number of benzene rings is 1. The quantitative estimate of drug-likeness (QED) is 0.635. The third kappa shape index (κ3) is 4.14. The molecule has 29 heavy (non-hydrogen) atoms. The molecule has 3 heterocycles. The molecule has 0 saturated heterocycles. The molecule has 0 fully saturated rings. The molecule has 3 aromatic rings. The van der Waals surface area contributed by atoms with Crippen molar-refractivity contribution in [2.45, 2.75) is 38.1 Å². The second-order valence-corrected chi connectivity index (χ2v) is 8.05. The van der Waals surface area contributed by atoms with Crippen molar-refractivity contribution in [1.82, 2.24) is 15.1 Å². The Morgan fingerprint density at radius 1 is 1.31 bits per heavy atom. The average Bonchev–Trinajstić information content (AvgIpc) is 3.34. The van der Waals surface area contributed by atoms with Crippen molar-refractivity contribution in [2.24, 2.45) is 0 Å². The summed E-state index contributed by atoms with van der Waals surface area (Å²) in [4.78, 5) is 13.4. The van der Waals surface area contributed by atoms with Crippen molar-refractivity contribution in [1.29, 1.82) is 0 Å². The Kier molecular flexibility index (Phi) is 5.08. The third-order valence-corrected chi connectivity index (χ3v) is 5.78. The van der Waals surface area contributed by atoms with Gasteiger partial charge >= 0.3 is 6.18 Å². The maximum absolute atomic E-state index is 13.7. The smallest absolute Gasteiger partial charge is 0.363 e. The topological polar surface area (TPSA) is 59.0 Å². The number of carbonyl (C=O) groups excluding carboxylic acids is 1. The molecule has 1 aromatic carbocycles. The molecule has 152 valence electrons.